The summed E-state index contributed by atoms with van der Waals surface area (Å²) >= 11 is 0. The predicted molar refractivity (Wildman–Crippen MR) is 34.5 cm³/mol. The van der Waals surface area contributed by atoms with Crippen molar-refractivity contribution >= 4 is 0 Å². The first-order chi connectivity index (χ1) is 4.09. The minimum Gasteiger partial charge on any atom is -0.237 e. The largest absolute Gasteiger partial charge is 0.237 e. The van der Waals surface area contributed by atoms with Crippen LogP contribution in [0, 0.1) is 11.3 Å². The zero-order valence-corrected chi connectivity index (χ0v) is 5.32. The summed E-state index contributed by atoms with van der Waals surface area (Å²) in [5.74, 6) is 0. The van der Waals surface area contributed by atoms with E-state index in [1.165, 1.54) is 6.92 Å². The van der Waals surface area contributed by atoms with Gasteiger partial charge >= 0.3 is 0 Å². The zero-order chi connectivity index (χ0) is 7.44. The molecule has 0 heterocycles. The van der Waals surface area contributed by atoms with E-state index in [0.29, 0.717) is 5.57 Å². The summed E-state index contributed by atoms with van der Waals surface area (Å²) in [6, 6.07) is 1.62. The third kappa shape index (κ3) is 2.09. The molecule has 2 heteroatoms. The average molecular weight is 125 g/mol. The molecule has 0 radical (unpaired) electrons. The van der Waals surface area contributed by atoms with Crippen molar-refractivity contribution in [2.45, 2.75) is 13.1 Å². The van der Waals surface area contributed by atoms with Crippen molar-refractivity contribution in [3.05, 3.63) is 24.3 Å². The molecule has 0 saturated carbocycles. The van der Waals surface area contributed by atoms with E-state index < -0.39 is 6.17 Å². The minimum absolute atomic E-state index is 0.0810. The number of hydrogen-bond donors (Lipinski definition) is 0. The summed E-state index contributed by atoms with van der Waals surface area (Å²) in [4.78, 5) is 0. The molecule has 0 spiro atoms. The van der Waals surface area contributed by atoms with Gasteiger partial charge in [0.15, 0.2) is 6.17 Å². The monoisotopic (exact) mass is 125 g/mol. The fraction of sp³-hybridized carbons (Fsp3) is 0.286. The molecule has 0 N–H and O–H groups in total. The fourth-order valence-electron chi connectivity index (χ4n) is 0.354. The summed E-state index contributed by atoms with van der Waals surface area (Å²) in [5, 5.41) is 8.12. The number of nitriles is 1. The molecule has 9 heavy (non-hydrogen) atoms. The van der Waals surface area contributed by atoms with Crippen LogP contribution in [-0.4, -0.2) is 6.17 Å². The highest BCUT2D eigenvalue weighted by Crippen LogP contribution is 2.10. The standard InChI is InChI=1S/C7H8FN/c1-5(2)7(8)6(3)4-9/h7H,1,3H2,2H3. The topological polar surface area (TPSA) is 23.8 Å². The van der Waals surface area contributed by atoms with E-state index in [1.54, 1.807) is 6.07 Å². The van der Waals surface area contributed by atoms with E-state index in [-0.39, 0.29) is 5.57 Å². The summed E-state index contributed by atoms with van der Waals surface area (Å²) in [6.45, 7) is 8.06. The first-order valence-electron chi connectivity index (χ1n) is 2.48. The van der Waals surface area contributed by atoms with Crippen molar-refractivity contribution < 1.29 is 4.39 Å². The van der Waals surface area contributed by atoms with Crippen LogP contribution in [-0.2, 0) is 0 Å². The number of halogens is 1. The zero-order valence-electron chi connectivity index (χ0n) is 5.32. The van der Waals surface area contributed by atoms with E-state index in [1.807, 2.05) is 0 Å². The number of alkyl halides is 1. The lowest BCUT2D eigenvalue weighted by Gasteiger charge is -2.01. The van der Waals surface area contributed by atoms with E-state index >= 15 is 0 Å². The number of rotatable bonds is 2. The van der Waals surface area contributed by atoms with E-state index in [2.05, 4.69) is 13.2 Å². The molecule has 1 unspecified atom stereocenters. The Morgan fingerprint density at radius 2 is 2.11 bits per heavy atom. The molecule has 0 fully saturated rings. The second-order valence-electron chi connectivity index (χ2n) is 1.85. The Balaban J connectivity index is 4.08. The van der Waals surface area contributed by atoms with E-state index in [4.69, 9.17) is 5.26 Å². The van der Waals surface area contributed by atoms with Crippen LogP contribution < -0.4 is 0 Å². The summed E-state index contributed by atoms with van der Waals surface area (Å²) in [6.07, 6.45) is -1.37. The maximum Gasteiger partial charge on any atom is 0.155 e. The lowest BCUT2D eigenvalue weighted by molar-refractivity contribution is 0.440. The van der Waals surface area contributed by atoms with Gasteiger partial charge in [-0.25, -0.2) is 4.39 Å². The van der Waals surface area contributed by atoms with Crippen LogP contribution in [0.4, 0.5) is 4.39 Å². The van der Waals surface area contributed by atoms with E-state index in [9.17, 15) is 4.39 Å². The van der Waals surface area contributed by atoms with Crippen molar-refractivity contribution in [3.8, 4) is 6.07 Å². The van der Waals surface area contributed by atoms with Crippen molar-refractivity contribution in [1.29, 1.82) is 5.26 Å². The summed E-state index contributed by atoms with van der Waals surface area (Å²) in [7, 11) is 0. The molecule has 0 aromatic heterocycles. The molecular weight excluding hydrogens is 117 g/mol. The molecule has 0 bridgehead atoms. The summed E-state index contributed by atoms with van der Waals surface area (Å²) < 4.78 is 12.5. The molecule has 0 saturated heterocycles. The molecule has 0 aliphatic rings. The van der Waals surface area contributed by atoms with Gasteiger partial charge in [0.25, 0.3) is 0 Å². The Labute approximate surface area is 54.1 Å². The van der Waals surface area contributed by atoms with Crippen molar-refractivity contribution in [2.24, 2.45) is 0 Å². The Morgan fingerprint density at radius 3 is 2.22 bits per heavy atom. The second kappa shape index (κ2) is 3.03. The van der Waals surface area contributed by atoms with Gasteiger partial charge in [0.05, 0.1) is 11.6 Å². The highest BCUT2D eigenvalue weighted by molar-refractivity contribution is 5.28. The quantitative estimate of drug-likeness (QED) is 0.409. The second-order valence-corrected chi connectivity index (χ2v) is 1.85. The molecule has 1 atom stereocenters. The lowest BCUT2D eigenvalue weighted by atomic mass is 10.1. The normalized spacial score (nSPS) is 11.7. The van der Waals surface area contributed by atoms with Crippen LogP contribution in [0.1, 0.15) is 6.92 Å². The van der Waals surface area contributed by atoms with Gasteiger partial charge in [-0.3, -0.25) is 0 Å². The van der Waals surface area contributed by atoms with Gasteiger partial charge in [-0.15, -0.1) is 0 Å². The number of hydrogen-bond acceptors (Lipinski definition) is 1. The third-order valence-electron chi connectivity index (χ3n) is 0.882. The van der Waals surface area contributed by atoms with Gasteiger partial charge in [-0.1, -0.05) is 13.2 Å². The maximum absolute atomic E-state index is 12.5. The minimum atomic E-state index is -1.37. The molecular formula is C7H8FN. The first kappa shape index (κ1) is 7.90. The molecule has 0 aromatic carbocycles. The molecule has 0 aliphatic heterocycles. The molecule has 0 aliphatic carbocycles. The van der Waals surface area contributed by atoms with Gasteiger partial charge in [0, 0.05) is 0 Å². The number of nitrogens with zero attached hydrogens (tertiary/aromatic N) is 1. The van der Waals surface area contributed by atoms with Gasteiger partial charge in [0.1, 0.15) is 0 Å². The van der Waals surface area contributed by atoms with Crippen LogP contribution in [0.15, 0.2) is 24.3 Å². The van der Waals surface area contributed by atoms with Gasteiger partial charge in [-0.05, 0) is 12.5 Å². The van der Waals surface area contributed by atoms with Crippen LogP contribution in [0.3, 0.4) is 0 Å². The molecule has 0 amide bonds. The van der Waals surface area contributed by atoms with E-state index in [0.717, 1.165) is 0 Å². The molecule has 0 rings (SSSR count). The van der Waals surface area contributed by atoms with Crippen LogP contribution in [0.5, 0.6) is 0 Å². The van der Waals surface area contributed by atoms with Gasteiger partial charge < -0.3 is 0 Å². The Hall–Kier alpha value is -1.10. The van der Waals surface area contributed by atoms with Gasteiger partial charge in [-0.2, -0.15) is 5.26 Å². The molecule has 1 nitrogen and oxygen atoms in total. The fourth-order valence-corrected chi connectivity index (χ4v) is 0.354. The van der Waals surface area contributed by atoms with Crippen molar-refractivity contribution in [2.75, 3.05) is 0 Å². The van der Waals surface area contributed by atoms with Gasteiger partial charge in [0.2, 0.25) is 0 Å². The Morgan fingerprint density at radius 1 is 1.67 bits per heavy atom. The number of allylic oxidation sites excluding steroid dienone is 2. The smallest absolute Gasteiger partial charge is 0.155 e. The third-order valence-corrected chi connectivity index (χ3v) is 0.882. The van der Waals surface area contributed by atoms with Crippen LogP contribution in [0.2, 0.25) is 0 Å². The van der Waals surface area contributed by atoms with Crippen molar-refractivity contribution in [3.63, 3.8) is 0 Å². The SMILES string of the molecule is C=C(C)C(F)C(=C)C#N. The Bertz CT molecular complexity index is 176. The maximum atomic E-state index is 12.5. The highest BCUT2D eigenvalue weighted by Gasteiger charge is 2.09. The van der Waals surface area contributed by atoms with Crippen molar-refractivity contribution in [1.82, 2.24) is 0 Å². The predicted octanol–water partition coefficient (Wildman–Crippen LogP) is 1.98. The molecule has 0 aromatic rings. The first-order valence-corrected chi connectivity index (χ1v) is 2.48. The van der Waals surface area contributed by atoms with Crippen LogP contribution in [0.25, 0.3) is 0 Å². The van der Waals surface area contributed by atoms with Crippen LogP contribution >= 0.6 is 0 Å². The highest BCUT2D eigenvalue weighted by atomic mass is 19.1. The molecule has 48 valence electrons. The average Bonchev–Trinajstić information content (AvgIpc) is 1.84. The Kier molecular flexibility index (Phi) is 2.66. The summed E-state index contributed by atoms with van der Waals surface area (Å²) in [5.41, 5.74) is 0.240. The lowest BCUT2D eigenvalue weighted by Crippen LogP contribution is -2.01.